The van der Waals surface area contributed by atoms with Crippen molar-refractivity contribution in [3.05, 3.63) is 83.2 Å². The quantitative estimate of drug-likeness (QED) is 0.617. The van der Waals surface area contributed by atoms with Crippen molar-refractivity contribution in [1.82, 2.24) is 10.3 Å². The topological polar surface area (TPSA) is 74.2 Å². The first-order valence-electron chi connectivity index (χ1n) is 9.90. The maximum absolute atomic E-state index is 10.5. The number of hydrogen-bond donors (Lipinski definition) is 3. The van der Waals surface area contributed by atoms with E-state index in [9.17, 15) is 4.79 Å². The van der Waals surface area contributed by atoms with Crippen LogP contribution in [0, 0.1) is 0 Å². The number of rotatable bonds is 4. The van der Waals surface area contributed by atoms with Gasteiger partial charge in [0.1, 0.15) is 0 Å². The number of hydrogen-bond acceptors (Lipinski definition) is 4. The van der Waals surface area contributed by atoms with Crippen LogP contribution in [0.1, 0.15) is 34.0 Å². The third-order valence-electron chi connectivity index (χ3n) is 5.12. The molecule has 1 aliphatic rings. The molecule has 0 fully saturated rings. The van der Waals surface area contributed by atoms with E-state index in [0.29, 0.717) is 5.69 Å². The van der Waals surface area contributed by atoms with Gasteiger partial charge in [-0.25, -0.2) is 4.79 Å². The predicted molar refractivity (Wildman–Crippen MR) is 117 cm³/mol. The average Bonchev–Trinajstić information content (AvgIpc) is 2.79. The molecule has 0 unspecified atom stereocenters. The Morgan fingerprint density at radius 2 is 2.00 bits per heavy atom. The summed E-state index contributed by atoms with van der Waals surface area (Å²) in [7, 11) is 1.66. The van der Waals surface area contributed by atoms with E-state index in [1.54, 1.807) is 7.05 Å². The first-order chi connectivity index (χ1) is 14.1. The molecule has 5 heteroatoms. The lowest BCUT2D eigenvalue weighted by Gasteiger charge is -2.18. The minimum absolute atomic E-state index is 0.238. The van der Waals surface area contributed by atoms with Crippen molar-refractivity contribution in [2.24, 2.45) is 0 Å². The van der Waals surface area contributed by atoms with Crippen molar-refractivity contribution in [3.8, 4) is 11.1 Å². The van der Waals surface area contributed by atoms with E-state index in [1.807, 2.05) is 0 Å². The second kappa shape index (κ2) is 9.85. The highest BCUT2D eigenvalue weighted by Gasteiger charge is 2.10. The van der Waals surface area contributed by atoms with Gasteiger partial charge in [-0.05, 0) is 53.3 Å². The zero-order chi connectivity index (χ0) is 20.6. The molecule has 0 atom stereocenters. The van der Waals surface area contributed by atoms with Crippen molar-refractivity contribution in [3.63, 3.8) is 0 Å². The molecule has 0 saturated heterocycles. The summed E-state index contributed by atoms with van der Waals surface area (Å²) in [4.78, 5) is 14.3. The summed E-state index contributed by atoms with van der Waals surface area (Å²) in [5.74, 6) is -0.947. The number of nitrogens with one attached hydrogen (secondary N) is 2. The Hall–Kier alpha value is -3.18. The van der Waals surface area contributed by atoms with Crippen LogP contribution >= 0.6 is 0 Å². The molecular formula is C24H27N3O2. The average molecular weight is 389 g/mol. The van der Waals surface area contributed by atoms with Gasteiger partial charge in [0.05, 0.1) is 17.4 Å². The number of carboxylic acid groups (broad SMARTS) is 1. The third-order valence-corrected chi connectivity index (χ3v) is 5.12. The van der Waals surface area contributed by atoms with E-state index in [4.69, 9.17) is 5.11 Å². The molecule has 150 valence electrons. The van der Waals surface area contributed by atoms with Gasteiger partial charge in [0.15, 0.2) is 0 Å². The molecule has 0 spiro atoms. The van der Waals surface area contributed by atoms with Gasteiger partial charge in [0.2, 0.25) is 0 Å². The Balaban J connectivity index is 0.000000188. The molecule has 4 rings (SSSR count). The normalized spacial score (nSPS) is 12.3. The molecule has 2 aromatic carbocycles. The summed E-state index contributed by atoms with van der Waals surface area (Å²) in [6, 6.07) is 17.1. The molecule has 0 aliphatic carbocycles. The molecule has 5 nitrogen and oxygen atoms in total. The molecule has 3 aromatic rings. The number of aromatic nitrogens is 1. The highest BCUT2D eigenvalue weighted by atomic mass is 16.4. The van der Waals surface area contributed by atoms with Crippen molar-refractivity contribution >= 4 is 11.7 Å². The number of aryl methyl sites for hydroxylation is 1. The van der Waals surface area contributed by atoms with Gasteiger partial charge >= 0.3 is 5.97 Å². The van der Waals surface area contributed by atoms with E-state index in [2.05, 4.69) is 65.0 Å². The molecular weight excluding hydrogens is 362 g/mol. The summed E-state index contributed by atoms with van der Waals surface area (Å²) in [5, 5.41) is 14.8. The zero-order valence-corrected chi connectivity index (χ0v) is 16.9. The molecule has 0 radical (unpaired) electrons. The lowest BCUT2D eigenvalue weighted by molar-refractivity contribution is 0.0698. The SMILES string of the molecule is CCc1ccccc1-c1ccc2c(c1)CCNC2.CNc1cnccc1C(=O)O. The lowest BCUT2D eigenvalue weighted by atomic mass is 9.92. The largest absolute Gasteiger partial charge is 0.478 e. The van der Waals surface area contributed by atoms with Gasteiger partial charge in [-0.3, -0.25) is 4.98 Å². The smallest absolute Gasteiger partial charge is 0.337 e. The van der Waals surface area contributed by atoms with Crippen LogP contribution in [0.4, 0.5) is 5.69 Å². The highest BCUT2D eigenvalue weighted by Crippen LogP contribution is 2.27. The van der Waals surface area contributed by atoms with E-state index >= 15 is 0 Å². The van der Waals surface area contributed by atoms with Crippen LogP contribution < -0.4 is 10.6 Å². The summed E-state index contributed by atoms with van der Waals surface area (Å²) < 4.78 is 0. The number of anilines is 1. The molecule has 2 heterocycles. The van der Waals surface area contributed by atoms with E-state index < -0.39 is 5.97 Å². The van der Waals surface area contributed by atoms with Crippen molar-refractivity contribution in [2.45, 2.75) is 26.3 Å². The Morgan fingerprint density at radius 1 is 1.17 bits per heavy atom. The van der Waals surface area contributed by atoms with Gasteiger partial charge in [-0.15, -0.1) is 0 Å². The fourth-order valence-corrected chi connectivity index (χ4v) is 3.54. The van der Waals surface area contributed by atoms with E-state index in [-0.39, 0.29) is 5.56 Å². The Morgan fingerprint density at radius 3 is 2.72 bits per heavy atom. The van der Waals surface area contributed by atoms with Crippen molar-refractivity contribution < 1.29 is 9.90 Å². The van der Waals surface area contributed by atoms with E-state index in [0.717, 1.165) is 25.9 Å². The maximum Gasteiger partial charge on any atom is 0.337 e. The molecule has 0 saturated carbocycles. The molecule has 0 amide bonds. The van der Waals surface area contributed by atoms with Crippen LogP contribution in [-0.4, -0.2) is 29.7 Å². The molecule has 1 aliphatic heterocycles. The second-order valence-electron chi connectivity index (χ2n) is 6.90. The van der Waals surface area contributed by atoms with Gasteiger partial charge < -0.3 is 15.7 Å². The van der Waals surface area contributed by atoms with Crippen LogP contribution in [0.25, 0.3) is 11.1 Å². The molecule has 29 heavy (non-hydrogen) atoms. The third kappa shape index (κ3) is 5.00. The Bertz CT molecular complexity index is 985. The lowest BCUT2D eigenvalue weighted by Crippen LogP contribution is -2.23. The summed E-state index contributed by atoms with van der Waals surface area (Å²) >= 11 is 0. The number of benzene rings is 2. The fraction of sp³-hybridized carbons (Fsp3) is 0.250. The zero-order valence-electron chi connectivity index (χ0n) is 16.9. The van der Waals surface area contributed by atoms with Gasteiger partial charge in [0, 0.05) is 19.8 Å². The highest BCUT2D eigenvalue weighted by molar-refractivity contribution is 5.93. The first kappa shape index (κ1) is 20.6. The second-order valence-corrected chi connectivity index (χ2v) is 6.90. The van der Waals surface area contributed by atoms with Crippen LogP contribution in [0.15, 0.2) is 60.9 Å². The molecule has 1 aromatic heterocycles. The summed E-state index contributed by atoms with van der Waals surface area (Å²) in [6.07, 6.45) is 5.17. The first-order valence-corrected chi connectivity index (χ1v) is 9.90. The number of fused-ring (bicyclic) bond motifs is 1. The maximum atomic E-state index is 10.5. The van der Waals surface area contributed by atoms with Gasteiger partial charge in [-0.2, -0.15) is 0 Å². The monoisotopic (exact) mass is 389 g/mol. The number of nitrogens with zero attached hydrogens (tertiary/aromatic N) is 1. The number of pyridine rings is 1. The fourth-order valence-electron chi connectivity index (χ4n) is 3.54. The van der Waals surface area contributed by atoms with Crippen LogP contribution in [-0.2, 0) is 19.4 Å². The van der Waals surface area contributed by atoms with Gasteiger partial charge in [0.25, 0.3) is 0 Å². The standard InChI is InChI=1S/C17H19N.C7H8N2O2/c1-2-13-5-3-4-6-17(13)15-7-8-16-12-18-10-9-14(16)11-15;1-8-6-4-9-3-2-5(6)7(10)11/h3-8,11,18H,2,9-10,12H2,1H3;2-4,8H,1H3,(H,10,11). The van der Waals surface area contributed by atoms with Crippen LogP contribution in [0.5, 0.6) is 0 Å². The Labute approximate surface area is 171 Å². The Kier molecular flexibility index (Phi) is 6.98. The predicted octanol–water partition coefficient (Wildman–Crippen LogP) is 4.38. The molecule has 3 N–H and O–H groups in total. The van der Waals surface area contributed by atoms with Crippen LogP contribution in [0.3, 0.4) is 0 Å². The van der Waals surface area contributed by atoms with Gasteiger partial charge in [-0.1, -0.05) is 49.4 Å². The number of carboxylic acids is 1. The minimum Gasteiger partial charge on any atom is -0.478 e. The number of carbonyl (C=O) groups is 1. The number of aromatic carboxylic acids is 1. The van der Waals surface area contributed by atoms with Crippen molar-refractivity contribution in [2.75, 3.05) is 18.9 Å². The molecule has 0 bridgehead atoms. The summed E-state index contributed by atoms with van der Waals surface area (Å²) in [6.45, 7) is 4.35. The van der Waals surface area contributed by atoms with Crippen LogP contribution in [0.2, 0.25) is 0 Å². The summed E-state index contributed by atoms with van der Waals surface area (Å²) in [5.41, 5.74) is 7.93. The van der Waals surface area contributed by atoms with E-state index in [1.165, 1.54) is 46.3 Å². The van der Waals surface area contributed by atoms with Crippen molar-refractivity contribution in [1.29, 1.82) is 0 Å². The minimum atomic E-state index is -0.947.